The second-order valence-corrected chi connectivity index (χ2v) is 19.5. The molecule has 394 valence electrons. The Bertz CT molecular complexity index is 1370. The van der Waals surface area contributed by atoms with Crippen molar-refractivity contribution in [1.82, 2.24) is 0 Å². The lowest BCUT2D eigenvalue weighted by Crippen LogP contribution is -2.30. The lowest BCUT2D eigenvalue weighted by molar-refractivity contribution is -0.161. The summed E-state index contributed by atoms with van der Waals surface area (Å²) in [4.78, 5) is 48.3. The van der Waals surface area contributed by atoms with Gasteiger partial charge in [-0.25, -0.2) is 4.57 Å². The molecule has 0 aliphatic rings. The zero-order valence-electron chi connectivity index (χ0n) is 43.3. The van der Waals surface area contributed by atoms with Crippen LogP contribution < -0.4 is 0 Å². The third-order valence-electron chi connectivity index (χ3n) is 11.4. The van der Waals surface area contributed by atoms with E-state index < -0.39 is 57.8 Å². The van der Waals surface area contributed by atoms with Crippen molar-refractivity contribution < 1.29 is 52.2 Å². The maximum absolute atomic E-state index is 12.9. The molecule has 0 aromatic heterocycles. The average Bonchev–Trinajstić information content (AvgIpc) is 3.32. The molecule has 0 saturated carbocycles. The van der Waals surface area contributed by atoms with Crippen molar-refractivity contribution in [2.45, 2.75) is 251 Å². The van der Waals surface area contributed by atoms with Gasteiger partial charge in [0.05, 0.1) is 19.8 Å². The van der Waals surface area contributed by atoms with Crippen molar-refractivity contribution >= 4 is 25.7 Å². The Morgan fingerprint density at radius 1 is 0.426 bits per heavy atom. The Morgan fingerprint density at radius 3 is 1.26 bits per heavy atom. The highest BCUT2D eigenvalue weighted by Gasteiger charge is 2.28. The second-order valence-electron chi connectivity index (χ2n) is 18.0. The molecule has 3 atom stereocenters. The zero-order valence-corrected chi connectivity index (χ0v) is 44.2. The van der Waals surface area contributed by atoms with Crippen LogP contribution in [0.3, 0.4) is 0 Å². The molecule has 0 amide bonds. The van der Waals surface area contributed by atoms with Gasteiger partial charge in [-0.2, -0.15) is 0 Å². The molecule has 3 unspecified atom stereocenters. The molecule has 0 fully saturated rings. The van der Waals surface area contributed by atoms with E-state index in [0.717, 1.165) is 77.0 Å². The predicted octanol–water partition coefficient (Wildman–Crippen LogP) is 15.6. The van der Waals surface area contributed by atoms with Crippen molar-refractivity contribution in [3.8, 4) is 0 Å². The molecule has 0 rings (SSSR count). The van der Waals surface area contributed by atoms with E-state index >= 15 is 0 Å². The Balaban J connectivity index is 4.77. The lowest BCUT2D eigenvalue weighted by Gasteiger charge is -2.21. The molecule has 0 aliphatic heterocycles. The molecule has 0 bridgehead atoms. The van der Waals surface area contributed by atoms with E-state index in [-0.39, 0.29) is 25.9 Å². The minimum Gasteiger partial charge on any atom is -0.462 e. The summed E-state index contributed by atoms with van der Waals surface area (Å²) >= 11 is 0. The molecule has 12 heteroatoms. The number of unbranched alkanes of at least 4 members (excludes halogenated alkanes) is 23. The van der Waals surface area contributed by atoms with Gasteiger partial charge in [0.15, 0.2) is 6.10 Å². The summed E-state index contributed by atoms with van der Waals surface area (Å²) in [7, 11) is -4.76. The molecular weight excluding hydrogens is 880 g/mol. The number of phosphoric ester groups is 1. The third kappa shape index (κ3) is 48.2. The van der Waals surface area contributed by atoms with Crippen LogP contribution >= 0.6 is 7.82 Å². The van der Waals surface area contributed by atoms with Gasteiger partial charge in [0.2, 0.25) is 0 Å². The molecule has 0 aromatic carbocycles. The van der Waals surface area contributed by atoms with Crippen LogP contribution in [0.25, 0.3) is 0 Å². The Morgan fingerprint density at radius 2 is 0.794 bits per heavy atom. The van der Waals surface area contributed by atoms with Gasteiger partial charge in [-0.3, -0.25) is 23.4 Å². The number of rotatable bonds is 50. The van der Waals surface area contributed by atoms with Crippen LogP contribution in [0.1, 0.15) is 239 Å². The first-order chi connectivity index (χ1) is 33.2. The molecule has 2 N–H and O–H groups in total. The maximum Gasteiger partial charge on any atom is 0.472 e. The predicted molar refractivity (Wildman–Crippen MR) is 279 cm³/mol. The summed E-state index contributed by atoms with van der Waals surface area (Å²) in [5.41, 5.74) is 0. The molecule has 0 heterocycles. The molecule has 0 aliphatic carbocycles. The van der Waals surface area contributed by atoms with E-state index in [2.05, 4.69) is 69.4 Å². The average molecular weight is 979 g/mol. The van der Waals surface area contributed by atoms with Gasteiger partial charge in [-0.1, -0.05) is 210 Å². The van der Waals surface area contributed by atoms with Crippen molar-refractivity contribution in [2.75, 3.05) is 26.4 Å². The number of allylic oxidation sites excluding steroid dienone is 10. The van der Waals surface area contributed by atoms with Gasteiger partial charge in [0, 0.05) is 19.3 Å². The summed E-state index contributed by atoms with van der Waals surface area (Å²) in [5.74, 6) is -1.55. The van der Waals surface area contributed by atoms with Gasteiger partial charge in [0.1, 0.15) is 12.7 Å². The largest absolute Gasteiger partial charge is 0.472 e. The standard InChI is InChI=1S/C56H99O11P/c1-4-7-10-13-16-19-22-24-25-26-27-29-32-35-38-41-44-47-56(60)67-53(49-63-54(58)45-42-39-36-33-30-21-18-15-12-9-6-3)51-65-68(61,62)64-50-52(48-57)66-55(59)46-43-40-37-34-31-28-23-20-17-14-11-8-5-2/h8,11,17,20,24-25,28,31,37,40,52-53,57H,4-7,9-10,12-16,18-19,21-23,26-27,29-30,32-36,38-39,41-51H2,1-3H3,(H,61,62)/b11-8-,20-17-,25-24-,31-28-,40-37-. The lowest BCUT2D eigenvalue weighted by atomic mass is 10.1. The van der Waals surface area contributed by atoms with Crippen molar-refractivity contribution in [2.24, 2.45) is 0 Å². The summed E-state index contributed by atoms with van der Waals surface area (Å²) in [6.45, 7) is 4.43. The quantitative estimate of drug-likeness (QED) is 0.0197. The number of ether oxygens (including phenoxy) is 3. The van der Waals surface area contributed by atoms with E-state index in [0.29, 0.717) is 19.3 Å². The van der Waals surface area contributed by atoms with Gasteiger partial charge in [-0.15, -0.1) is 0 Å². The number of esters is 3. The number of aliphatic hydroxyl groups excluding tert-OH is 1. The Labute approximate surface area is 415 Å². The first-order valence-corrected chi connectivity index (χ1v) is 28.7. The normalized spacial score (nSPS) is 13.9. The number of hydrogen-bond acceptors (Lipinski definition) is 10. The topological polar surface area (TPSA) is 155 Å². The minimum absolute atomic E-state index is 0.0561. The monoisotopic (exact) mass is 979 g/mol. The highest BCUT2D eigenvalue weighted by Crippen LogP contribution is 2.43. The fourth-order valence-electron chi connectivity index (χ4n) is 7.31. The van der Waals surface area contributed by atoms with Crippen molar-refractivity contribution in [3.63, 3.8) is 0 Å². The first-order valence-electron chi connectivity index (χ1n) is 27.2. The van der Waals surface area contributed by atoms with Crippen LogP contribution in [0, 0.1) is 0 Å². The molecule has 0 spiro atoms. The van der Waals surface area contributed by atoms with E-state index in [4.69, 9.17) is 23.3 Å². The summed E-state index contributed by atoms with van der Waals surface area (Å²) in [6.07, 6.45) is 53.5. The number of phosphoric acid groups is 1. The Kier molecular flexibility index (Phi) is 48.5. The zero-order chi connectivity index (χ0) is 49.9. The fraction of sp³-hybridized carbons (Fsp3) is 0.768. The van der Waals surface area contributed by atoms with E-state index in [1.807, 2.05) is 12.2 Å². The van der Waals surface area contributed by atoms with Gasteiger partial charge in [0.25, 0.3) is 0 Å². The molecule has 11 nitrogen and oxygen atoms in total. The minimum atomic E-state index is -4.76. The Hall–Kier alpha value is -2.82. The molecule has 0 saturated heterocycles. The van der Waals surface area contributed by atoms with Crippen LogP contribution in [-0.4, -0.2) is 66.5 Å². The fourth-order valence-corrected chi connectivity index (χ4v) is 8.09. The SMILES string of the molecule is CC/C=C\C/C=C\C/C=C\C/C=C\CCC(=O)OC(CO)COP(=O)(O)OCC(COC(=O)CCCCCCCCCCCCC)OC(=O)CCCCCCCCC/C=C\CCCCCCCC. The van der Waals surface area contributed by atoms with Crippen molar-refractivity contribution in [3.05, 3.63) is 60.8 Å². The number of hydrogen-bond donors (Lipinski definition) is 2. The van der Waals surface area contributed by atoms with Crippen LogP contribution in [0.5, 0.6) is 0 Å². The van der Waals surface area contributed by atoms with Crippen molar-refractivity contribution in [1.29, 1.82) is 0 Å². The maximum atomic E-state index is 12.9. The summed E-state index contributed by atoms with van der Waals surface area (Å²) < 4.78 is 39.3. The summed E-state index contributed by atoms with van der Waals surface area (Å²) in [5, 5.41) is 9.76. The van der Waals surface area contributed by atoms with Gasteiger partial charge < -0.3 is 24.2 Å². The summed E-state index contributed by atoms with van der Waals surface area (Å²) in [6, 6.07) is 0. The third-order valence-corrected chi connectivity index (χ3v) is 12.4. The number of carbonyl (C=O) groups excluding carboxylic acids is 3. The van der Waals surface area contributed by atoms with Crippen LogP contribution in [-0.2, 0) is 42.2 Å². The van der Waals surface area contributed by atoms with Crippen LogP contribution in [0.15, 0.2) is 60.8 Å². The first kappa shape index (κ1) is 65.2. The molecular formula is C56H99O11P. The van der Waals surface area contributed by atoms with Crippen LogP contribution in [0.2, 0.25) is 0 Å². The van der Waals surface area contributed by atoms with E-state index in [1.54, 1.807) is 0 Å². The number of aliphatic hydroxyl groups is 1. The molecule has 68 heavy (non-hydrogen) atoms. The number of carbonyl (C=O) groups is 3. The second kappa shape index (κ2) is 50.6. The van der Waals surface area contributed by atoms with Crippen LogP contribution in [0.4, 0.5) is 0 Å². The van der Waals surface area contributed by atoms with Gasteiger partial charge in [-0.05, 0) is 70.6 Å². The smallest absolute Gasteiger partial charge is 0.462 e. The highest BCUT2D eigenvalue weighted by molar-refractivity contribution is 7.47. The van der Waals surface area contributed by atoms with Gasteiger partial charge >= 0.3 is 25.7 Å². The van der Waals surface area contributed by atoms with E-state index in [9.17, 15) is 28.9 Å². The molecule has 0 aromatic rings. The highest BCUT2D eigenvalue weighted by atomic mass is 31.2. The van der Waals surface area contributed by atoms with E-state index in [1.165, 1.54) is 103 Å². The molecule has 0 radical (unpaired) electrons.